The van der Waals surface area contributed by atoms with Gasteiger partial charge in [-0.05, 0) is 50.3 Å². The number of methoxy groups -OCH3 is 1. The van der Waals surface area contributed by atoms with E-state index in [0.29, 0.717) is 29.2 Å². The Morgan fingerprint density at radius 2 is 1.88 bits per heavy atom. The Kier molecular flexibility index (Phi) is 6.69. The zero-order valence-corrected chi connectivity index (χ0v) is 19.3. The number of fused-ring (bicyclic) bond motifs is 2. The van der Waals surface area contributed by atoms with Crippen LogP contribution in [0.3, 0.4) is 0 Å². The predicted molar refractivity (Wildman–Crippen MR) is 130 cm³/mol. The van der Waals surface area contributed by atoms with Crippen LogP contribution < -0.4 is 20.3 Å². The Morgan fingerprint density at radius 3 is 2.64 bits per heavy atom. The van der Waals surface area contributed by atoms with E-state index >= 15 is 0 Å². The maximum atomic E-state index is 12.5. The molecule has 4 rings (SSSR count). The molecular weight excluding hydrogens is 420 g/mol. The fourth-order valence-corrected chi connectivity index (χ4v) is 3.70. The predicted octanol–water partition coefficient (Wildman–Crippen LogP) is 3.65. The van der Waals surface area contributed by atoms with Crippen LogP contribution in [-0.2, 0) is 0 Å². The Balaban J connectivity index is 1.58. The summed E-state index contributed by atoms with van der Waals surface area (Å²) in [5.41, 5.74) is 1.75. The highest BCUT2D eigenvalue weighted by atomic mass is 16.5. The molecule has 0 bridgehead atoms. The van der Waals surface area contributed by atoms with Gasteiger partial charge in [0.2, 0.25) is 11.9 Å². The van der Waals surface area contributed by atoms with Crippen LogP contribution >= 0.6 is 0 Å². The van der Waals surface area contributed by atoms with E-state index in [0.717, 1.165) is 42.0 Å². The van der Waals surface area contributed by atoms with Gasteiger partial charge in [0.15, 0.2) is 0 Å². The fourth-order valence-electron chi connectivity index (χ4n) is 3.70. The van der Waals surface area contributed by atoms with Crippen molar-refractivity contribution in [1.82, 2.24) is 24.8 Å². The molecule has 2 aromatic heterocycles. The number of anilines is 2. The molecule has 9 heteroatoms. The summed E-state index contributed by atoms with van der Waals surface area (Å²) in [4.78, 5) is 31.2. The van der Waals surface area contributed by atoms with Gasteiger partial charge in [-0.15, -0.1) is 0 Å². The number of H-pyrrole nitrogens is 1. The number of aromatic nitrogens is 4. The van der Waals surface area contributed by atoms with Crippen molar-refractivity contribution in [3.8, 4) is 11.5 Å². The smallest absolute Gasteiger partial charge is 0.260 e. The van der Waals surface area contributed by atoms with Crippen molar-refractivity contribution < 1.29 is 9.47 Å². The number of hydrogen-bond acceptors (Lipinski definition) is 8. The maximum Gasteiger partial charge on any atom is 0.260 e. The molecule has 0 saturated carbocycles. The molecule has 9 nitrogen and oxygen atoms in total. The summed E-state index contributed by atoms with van der Waals surface area (Å²) in [5, 5.41) is 4.37. The van der Waals surface area contributed by atoms with Gasteiger partial charge in [-0.1, -0.05) is 19.9 Å². The van der Waals surface area contributed by atoms with Crippen LogP contribution in [0.4, 0.5) is 11.9 Å². The molecule has 0 atom stereocenters. The Morgan fingerprint density at radius 1 is 1.06 bits per heavy atom. The molecule has 0 aliphatic heterocycles. The van der Waals surface area contributed by atoms with Gasteiger partial charge in [0, 0.05) is 11.9 Å². The second kappa shape index (κ2) is 9.83. The van der Waals surface area contributed by atoms with E-state index in [1.165, 1.54) is 0 Å². The second-order valence-electron chi connectivity index (χ2n) is 7.58. The van der Waals surface area contributed by atoms with Crippen molar-refractivity contribution >= 4 is 33.7 Å². The molecule has 0 aliphatic rings. The lowest BCUT2D eigenvalue weighted by atomic mass is 10.2. The van der Waals surface area contributed by atoms with E-state index in [1.54, 1.807) is 25.3 Å². The summed E-state index contributed by atoms with van der Waals surface area (Å²) in [6.45, 7) is 9.71. The highest BCUT2D eigenvalue weighted by molar-refractivity contribution is 5.85. The topological polar surface area (TPSA) is 105 Å². The minimum absolute atomic E-state index is 0.243. The number of aryl methyl sites for hydroxylation is 1. The summed E-state index contributed by atoms with van der Waals surface area (Å²) in [5.74, 6) is 1.89. The van der Waals surface area contributed by atoms with Gasteiger partial charge in [-0.3, -0.25) is 15.1 Å². The van der Waals surface area contributed by atoms with Crippen LogP contribution in [0.5, 0.6) is 11.5 Å². The standard InChI is InChI=1S/C24H28N6O3/c1-5-30(6-2)12-13-33-16-10-11-19-18(14-16)15(3)25-23(26-19)29-24-27-21-17(22(31)28-24)8-7-9-20(21)32-4/h7-11,14H,5-6,12-13H2,1-4H3,(H2,25,26,27,28,29,31). The number of aromatic amines is 1. The molecule has 0 saturated heterocycles. The molecule has 0 radical (unpaired) electrons. The van der Waals surface area contributed by atoms with E-state index in [2.05, 4.69) is 44.0 Å². The Labute approximate surface area is 191 Å². The molecule has 2 heterocycles. The summed E-state index contributed by atoms with van der Waals surface area (Å²) >= 11 is 0. The van der Waals surface area contributed by atoms with E-state index in [1.807, 2.05) is 25.1 Å². The number of rotatable bonds is 9. The first-order valence-electron chi connectivity index (χ1n) is 11.0. The lowest BCUT2D eigenvalue weighted by Gasteiger charge is -2.18. The van der Waals surface area contributed by atoms with Crippen LogP contribution in [0.2, 0.25) is 0 Å². The lowest BCUT2D eigenvalue weighted by molar-refractivity contribution is 0.223. The average Bonchev–Trinajstić information content (AvgIpc) is 2.82. The Bertz CT molecular complexity index is 1330. The number of hydrogen-bond donors (Lipinski definition) is 2. The van der Waals surface area contributed by atoms with Crippen molar-refractivity contribution in [2.24, 2.45) is 0 Å². The monoisotopic (exact) mass is 448 g/mol. The van der Waals surface area contributed by atoms with E-state index in [9.17, 15) is 4.79 Å². The number of nitrogens with zero attached hydrogens (tertiary/aromatic N) is 4. The maximum absolute atomic E-state index is 12.5. The summed E-state index contributed by atoms with van der Waals surface area (Å²) in [6, 6.07) is 11.0. The quantitative estimate of drug-likeness (QED) is 0.400. The first-order valence-corrected chi connectivity index (χ1v) is 11.0. The normalized spacial score (nSPS) is 11.3. The van der Waals surface area contributed by atoms with E-state index in [-0.39, 0.29) is 11.5 Å². The number of likely N-dealkylation sites (N-methyl/N-ethyl adjacent to an activating group) is 1. The third-order valence-corrected chi connectivity index (χ3v) is 5.58. The van der Waals surface area contributed by atoms with Crippen molar-refractivity contribution in [2.45, 2.75) is 20.8 Å². The number of benzene rings is 2. The van der Waals surface area contributed by atoms with Gasteiger partial charge in [-0.2, -0.15) is 0 Å². The van der Waals surface area contributed by atoms with Gasteiger partial charge >= 0.3 is 0 Å². The Hall–Kier alpha value is -3.72. The molecule has 2 N–H and O–H groups in total. The molecule has 172 valence electrons. The summed E-state index contributed by atoms with van der Waals surface area (Å²) in [7, 11) is 1.54. The van der Waals surface area contributed by atoms with Gasteiger partial charge in [0.25, 0.3) is 5.56 Å². The SMILES string of the molecule is CCN(CC)CCOc1ccc2nc(Nc3nc4c(OC)cccc4c(=O)[nH]3)nc(C)c2c1. The first kappa shape index (κ1) is 22.5. The first-order chi connectivity index (χ1) is 16.0. The fraction of sp³-hybridized carbons (Fsp3) is 0.333. The van der Waals surface area contributed by atoms with Crippen molar-refractivity contribution in [3.63, 3.8) is 0 Å². The average molecular weight is 449 g/mol. The molecule has 0 amide bonds. The van der Waals surface area contributed by atoms with Gasteiger partial charge in [0.1, 0.15) is 23.6 Å². The summed E-state index contributed by atoms with van der Waals surface area (Å²) < 4.78 is 11.3. The van der Waals surface area contributed by atoms with Gasteiger partial charge < -0.3 is 14.4 Å². The van der Waals surface area contributed by atoms with Crippen LogP contribution in [0.1, 0.15) is 19.5 Å². The second-order valence-corrected chi connectivity index (χ2v) is 7.58. The minimum atomic E-state index is -0.273. The van der Waals surface area contributed by atoms with Crippen molar-refractivity contribution in [2.75, 3.05) is 38.7 Å². The largest absolute Gasteiger partial charge is 0.494 e. The number of para-hydroxylation sites is 1. The van der Waals surface area contributed by atoms with E-state index < -0.39 is 0 Å². The zero-order valence-electron chi connectivity index (χ0n) is 19.3. The molecule has 33 heavy (non-hydrogen) atoms. The van der Waals surface area contributed by atoms with Crippen LogP contribution in [0.15, 0.2) is 41.2 Å². The molecule has 0 fully saturated rings. The van der Waals surface area contributed by atoms with Crippen molar-refractivity contribution in [1.29, 1.82) is 0 Å². The molecule has 0 aliphatic carbocycles. The number of nitrogens with one attached hydrogen (secondary N) is 2. The third kappa shape index (κ3) is 4.88. The molecule has 2 aromatic carbocycles. The highest BCUT2D eigenvalue weighted by Crippen LogP contribution is 2.25. The zero-order chi connectivity index (χ0) is 23.4. The third-order valence-electron chi connectivity index (χ3n) is 5.58. The molecular formula is C24H28N6O3. The van der Waals surface area contributed by atoms with Gasteiger partial charge in [0.05, 0.1) is 23.7 Å². The van der Waals surface area contributed by atoms with Crippen LogP contribution in [-0.4, -0.2) is 58.2 Å². The van der Waals surface area contributed by atoms with Crippen LogP contribution in [0, 0.1) is 6.92 Å². The minimum Gasteiger partial charge on any atom is -0.494 e. The summed E-state index contributed by atoms with van der Waals surface area (Å²) in [6.07, 6.45) is 0. The molecule has 0 unspecified atom stereocenters. The highest BCUT2D eigenvalue weighted by Gasteiger charge is 2.11. The van der Waals surface area contributed by atoms with Crippen LogP contribution in [0.25, 0.3) is 21.8 Å². The molecule has 0 spiro atoms. The number of ether oxygens (including phenoxy) is 2. The van der Waals surface area contributed by atoms with Crippen molar-refractivity contribution in [3.05, 3.63) is 52.4 Å². The lowest BCUT2D eigenvalue weighted by Crippen LogP contribution is -2.27. The van der Waals surface area contributed by atoms with E-state index in [4.69, 9.17) is 9.47 Å². The van der Waals surface area contributed by atoms with Gasteiger partial charge in [-0.25, -0.2) is 15.0 Å². The molecule has 4 aromatic rings.